The van der Waals surface area contributed by atoms with E-state index in [9.17, 15) is 4.79 Å². The highest BCUT2D eigenvalue weighted by molar-refractivity contribution is 6.30. The minimum absolute atomic E-state index is 0.0771. The number of rotatable bonds is 1. The van der Waals surface area contributed by atoms with E-state index in [2.05, 4.69) is 0 Å². The third kappa shape index (κ3) is 2.37. The van der Waals surface area contributed by atoms with Gasteiger partial charge in [0.05, 0.1) is 17.9 Å². The van der Waals surface area contributed by atoms with Gasteiger partial charge in [-0.1, -0.05) is 41.9 Å². The number of halogens is 1. The second-order valence-corrected chi connectivity index (χ2v) is 8.34. The fourth-order valence-electron chi connectivity index (χ4n) is 4.63. The van der Waals surface area contributed by atoms with Crippen molar-refractivity contribution in [2.45, 2.75) is 18.4 Å². The third-order valence-electron chi connectivity index (χ3n) is 6.17. The molecule has 2 aliphatic heterocycles. The zero-order chi connectivity index (χ0) is 20.5. The Morgan fingerprint density at radius 3 is 2.63 bits per heavy atom. The lowest BCUT2D eigenvalue weighted by atomic mass is 9.78. The molecule has 148 valence electrons. The molecule has 1 aromatic heterocycles. The zero-order valence-electron chi connectivity index (χ0n) is 16.1. The van der Waals surface area contributed by atoms with Gasteiger partial charge in [0.2, 0.25) is 0 Å². The van der Waals surface area contributed by atoms with Gasteiger partial charge >= 0.3 is 0 Å². The first-order valence-corrected chi connectivity index (χ1v) is 10.2. The molecule has 3 heterocycles. The summed E-state index contributed by atoms with van der Waals surface area (Å²) in [6.07, 6.45) is 0. The van der Waals surface area contributed by atoms with Gasteiger partial charge in [-0.25, -0.2) is 0 Å². The van der Waals surface area contributed by atoms with E-state index in [0.29, 0.717) is 34.1 Å². The molecule has 0 bridgehead atoms. The van der Waals surface area contributed by atoms with E-state index < -0.39 is 5.60 Å². The van der Waals surface area contributed by atoms with Crippen molar-refractivity contribution >= 4 is 22.6 Å². The predicted molar refractivity (Wildman–Crippen MR) is 116 cm³/mol. The van der Waals surface area contributed by atoms with Crippen LogP contribution < -0.4 is 14.9 Å². The summed E-state index contributed by atoms with van der Waals surface area (Å²) in [6, 6.07) is 20.4. The Labute approximate surface area is 177 Å². The van der Waals surface area contributed by atoms with E-state index in [1.165, 1.54) is 0 Å². The number of hydrogen-bond acceptors (Lipinski definition) is 4. The Bertz CT molecular complexity index is 1380. The van der Waals surface area contributed by atoms with Crippen molar-refractivity contribution < 1.29 is 13.9 Å². The Balaban J connectivity index is 1.60. The summed E-state index contributed by atoms with van der Waals surface area (Å²) in [6.45, 7) is 2.47. The lowest BCUT2D eigenvalue weighted by Gasteiger charge is -2.37. The van der Waals surface area contributed by atoms with Gasteiger partial charge in [-0.2, -0.15) is 0 Å². The van der Waals surface area contributed by atoms with Gasteiger partial charge in [0.25, 0.3) is 0 Å². The first kappa shape index (κ1) is 17.6. The van der Waals surface area contributed by atoms with Crippen molar-refractivity contribution in [3.8, 4) is 22.8 Å². The molecule has 2 aliphatic rings. The van der Waals surface area contributed by atoms with Gasteiger partial charge in [0.15, 0.2) is 5.43 Å². The van der Waals surface area contributed by atoms with Crippen molar-refractivity contribution in [1.82, 2.24) is 0 Å². The molecule has 0 fully saturated rings. The summed E-state index contributed by atoms with van der Waals surface area (Å²) < 4.78 is 18.8. The van der Waals surface area contributed by atoms with Crippen LogP contribution in [0.1, 0.15) is 24.0 Å². The van der Waals surface area contributed by atoms with Crippen LogP contribution in [0.3, 0.4) is 0 Å². The summed E-state index contributed by atoms with van der Waals surface area (Å²) >= 11 is 6.27. The van der Waals surface area contributed by atoms with Crippen LogP contribution in [0.5, 0.6) is 11.5 Å². The second kappa shape index (κ2) is 6.13. The maximum absolute atomic E-state index is 12.9. The normalized spacial score (nSPS) is 21.3. The van der Waals surface area contributed by atoms with E-state index in [4.69, 9.17) is 25.5 Å². The summed E-state index contributed by atoms with van der Waals surface area (Å²) in [7, 11) is 0. The van der Waals surface area contributed by atoms with Gasteiger partial charge < -0.3 is 13.9 Å². The lowest BCUT2D eigenvalue weighted by molar-refractivity contribution is 0.0435. The Hall–Kier alpha value is -3.24. The number of hydrogen-bond donors (Lipinski definition) is 0. The van der Waals surface area contributed by atoms with Gasteiger partial charge in [-0.3, -0.25) is 4.79 Å². The van der Waals surface area contributed by atoms with Crippen LogP contribution in [0.15, 0.2) is 75.9 Å². The van der Waals surface area contributed by atoms with Crippen LogP contribution in [0.2, 0.25) is 5.02 Å². The minimum atomic E-state index is -0.656. The lowest BCUT2D eigenvalue weighted by Crippen LogP contribution is -2.38. The highest BCUT2D eigenvalue weighted by Gasteiger charge is 2.52. The highest BCUT2D eigenvalue weighted by atomic mass is 35.5. The van der Waals surface area contributed by atoms with Gasteiger partial charge in [0.1, 0.15) is 28.4 Å². The standard InChI is InChI=1S/C25H17ClO4/c1-25-17-11-15(26)7-9-20(17)28-13-18(25)23-21(30-25)10-8-16-19(27)12-22(29-24(16)23)14-5-3-2-4-6-14/h2-12,18H,13H2,1H3. The summed E-state index contributed by atoms with van der Waals surface area (Å²) in [5, 5.41) is 1.17. The molecule has 0 saturated heterocycles. The molecule has 0 aliphatic carbocycles. The average molecular weight is 417 g/mol. The molecule has 4 aromatic rings. The topological polar surface area (TPSA) is 48.7 Å². The number of fused-ring (bicyclic) bond motifs is 7. The molecule has 0 amide bonds. The van der Waals surface area contributed by atoms with Gasteiger partial charge in [0, 0.05) is 27.8 Å². The third-order valence-corrected chi connectivity index (χ3v) is 6.41. The van der Waals surface area contributed by atoms with E-state index in [-0.39, 0.29) is 11.3 Å². The SMILES string of the molecule is CC12Oc3ccc4c(=O)cc(-c5ccccc5)oc4c3C1COc1ccc(Cl)cc12. The van der Waals surface area contributed by atoms with Crippen LogP contribution in [-0.4, -0.2) is 6.61 Å². The first-order valence-electron chi connectivity index (χ1n) is 9.82. The molecule has 3 aromatic carbocycles. The Morgan fingerprint density at radius 2 is 1.80 bits per heavy atom. The van der Waals surface area contributed by atoms with Crippen LogP contribution in [0.25, 0.3) is 22.3 Å². The maximum Gasteiger partial charge on any atom is 0.193 e. The predicted octanol–water partition coefficient (Wildman–Crippen LogP) is 5.90. The summed E-state index contributed by atoms with van der Waals surface area (Å²) in [4.78, 5) is 12.9. The fourth-order valence-corrected chi connectivity index (χ4v) is 4.81. The van der Waals surface area contributed by atoms with E-state index in [1.54, 1.807) is 12.1 Å². The van der Waals surface area contributed by atoms with Crippen molar-refractivity contribution in [3.05, 3.63) is 93.1 Å². The van der Waals surface area contributed by atoms with Gasteiger partial charge in [-0.15, -0.1) is 0 Å². The molecule has 0 saturated carbocycles. The van der Waals surface area contributed by atoms with Crippen molar-refractivity contribution in [2.75, 3.05) is 6.61 Å². The van der Waals surface area contributed by atoms with Crippen molar-refractivity contribution in [3.63, 3.8) is 0 Å². The van der Waals surface area contributed by atoms with Crippen LogP contribution in [0.4, 0.5) is 0 Å². The number of benzene rings is 3. The van der Waals surface area contributed by atoms with Crippen LogP contribution in [-0.2, 0) is 5.60 Å². The maximum atomic E-state index is 12.9. The number of ether oxygens (including phenoxy) is 2. The molecule has 5 heteroatoms. The van der Waals surface area contributed by atoms with Gasteiger partial charge in [-0.05, 0) is 37.3 Å². The molecule has 0 spiro atoms. The van der Waals surface area contributed by atoms with Crippen LogP contribution >= 0.6 is 11.6 Å². The molecular weight excluding hydrogens is 400 g/mol. The van der Waals surface area contributed by atoms with E-state index >= 15 is 0 Å². The quantitative estimate of drug-likeness (QED) is 0.387. The van der Waals surface area contributed by atoms with Crippen molar-refractivity contribution in [2.24, 2.45) is 0 Å². The molecule has 0 N–H and O–H groups in total. The summed E-state index contributed by atoms with van der Waals surface area (Å²) in [5.41, 5.74) is 2.45. The Morgan fingerprint density at radius 1 is 1.00 bits per heavy atom. The summed E-state index contributed by atoms with van der Waals surface area (Å²) in [5.74, 6) is 1.88. The molecule has 2 atom stereocenters. The first-order chi connectivity index (χ1) is 14.5. The average Bonchev–Trinajstić information content (AvgIpc) is 3.07. The van der Waals surface area contributed by atoms with E-state index in [0.717, 1.165) is 22.4 Å². The molecule has 30 heavy (non-hydrogen) atoms. The molecule has 6 rings (SSSR count). The van der Waals surface area contributed by atoms with Crippen LogP contribution in [0, 0.1) is 0 Å². The monoisotopic (exact) mass is 416 g/mol. The molecule has 0 radical (unpaired) electrons. The molecular formula is C25H17ClO4. The second-order valence-electron chi connectivity index (χ2n) is 7.91. The fraction of sp³-hybridized carbons (Fsp3) is 0.160. The zero-order valence-corrected chi connectivity index (χ0v) is 16.9. The minimum Gasteiger partial charge on any atom is -0.492 e. The molecule has 4 nitrogen and oxygen atoms in total. The van der Waals surface area contributed by atoms with E-state index in [1.807, 2.05) is 61.5 Å². The Kier molecular flexibility index (Phi) is 3.60. The smallest absolute Gasteiger partial charge is 0.193 e. The van der Waals surface area contributed by atoms with Crippen molar-refractivity contribution in [1.29, 1.82) is 0 Å². The molecule has 2 unspecified atom stereocenters. The largest absolute Gasteiger partial charge is 0.492 e. The highest BCUT2D eigenvalue weighted by Crippen LogP contribution is 2.56.